The van der Waals surface area contributed by atoms with Gasteiger partial charge in [0.25, 0.3) is 5.91 Å². The summed E-state index contributed by atoms with van der Waals surface area (Å²) in [5.41, 5.74) is 0.878. The minimum absolute atomic E-state index is 0.0355. The molecule has 8 heteroatoms. The second kappa shape index (κ2) is 8.92. The highest BCUT2D eigenvalue weighted by molar-refractivity contribution is 7.89. The summed E-state index contributed by atoms with van der Waals surface area (Å²) in [4.78, 5) is 12.6. The molecule has 1 heterocycles. The fourth-order valence-electron chi connectivity index (χ4n) is 3.36. The average Bonchev–Trinajstić information content (AvgIpc) is 2.99. The number of carbonyl (C=O) groups is 1. The van der Waals surface area contributed by atoms with Crippen LogP contribution in [0.4, 0.5) is 10.1 Å². The van der Waals surface area contributed by atoms with E-state index in [2.05, 4.69) is 5.32 Å². The maximum atomic E-state index is 14.1. The molecule has 156 valence electrons. The molecule has 0 aliphatic carbocycles. The van der Waals surface area contributed by atoms with Crippen LogP contribution < -0.4 is 10.1 Å². The number of anilines is 1. The van der Waals surface area contributed by atoms with Gasteiger partial charge in [0.15, 0.2) is 0 Å². The summed E-state index contributed by atoms with van der Waals surface area (Å²) in [5.74, 6) is -0.973. The molecule has 1 amide bonds. The zero-order chi connectivity index (χ0) is 21.0. The molecule has 1 fully saturated rings. The summed E-state index contributed by atoms with van der Waals surface area (Å²) in [6.07, 6.45) is 3.59. The summed E-state index contributed by atoms with van der Waals surface area (Å²) >= 11 is 0. The number of ether oxygens (including phenoxy) is 1. The highest BCUT2D eigenvalue weighted by Gasteiger charge is 2.29. The normalized spacial score (nSPS) is 15.6. The first-order valence-corrected chi connectivity index (χ1v) is 11.0. The largest absolute Gasteiger partial charge is 0.495 e. The van der Waals surface area contributed by atoms with Gasteiger partial charge < -0.3 is 10.1 Å². The fraction of sp³-hybridized carbons (Fsp3) is 0.381. The lowest BCUT2D eigenvalue weighted by Crippen LogP contribution is -2.32. The first-order valence-electron chi connectivity index (χ1n) is 9.58. The number of carbonyl (C=O) groups excluding carboxylic acids is 1. The third-order valence-electron chi connectivity index (χ3n) is 4.98. The van der Waals surface area contributed by atoms with Crippen LogP contribution in [0, 0.1) is 12.7 Å². The van der Waals surface area contributed by atoms with E-state index in [-0.39, 0.29) is 21.9 Å². The second-order valence-electron chi connectivity index (χ2n) is 7.12. The van der Waals surface area contributed by atoms with Crippen LogP contribution in [0.1, 0.15) is 41.6 Å². The zero-order valence-corrected chi connectivity index (χ0v) is 17.4. The summed E-state index contributed by atoms with van der Waals surface area (Å²) < 4.78 is 47.1. The van der Waals surface area contributed by atoms with E-state index in [1.54, 1.807) is 13.0 Å². The van der Waals surface area contributed by atoms with E-state index in [1.165, 1.54) is 41.7 Å². The third-order valence-corrected chi connectivity index (χ3v) is 6.90. The number of amides is 1. The topological polar surface area (TPSA) is 75.7 Å². The van der Waals surface area contributed by atoms with Crippen LogP contribution in [0.3, 0.4) is 0 Å². The molecule has 2 aromatic rings. The van der Waals surface area contributed by atoms with Crippen molar-refractivity contribution >= 4 is 21.6 Å². The van der Waals surface area contributed by atoms with Gasteiger partial charge in [-0.05, 0) is 55.7 Å². The van der Waals surface area contributed by atoms with Crippen molar-refractivity contribution in [3.05, 3.63) is 53.3 Å². The lowest BCUT2D eigenvalue weighted by Gasteiger charge is -2.21. The minimum Gasteiger partial charge on any atom is -0.495 e. The number of methoxy groups -OCH3 is 1. The molecule has 0 spiro atoms. The van der Waals surface area contributed by atoms with E-state index in [4.69, 9.17) is 4.74 Å². The molecule has 0 saturated carbocycles. The van der Waals surface area contributed by atoms with Crippen molar-refractivity contribution in [3.8, 4) is 5.75 Å². The number of sulfonamides is 1. The smallest absolute Gasteiger partial charge is 0.255 e. The van der Waals surface area contributed by atoms with Crippen molar-refractivity contribution in [2.24, 2.45) is 0 Å². The Morgan fingerprint density at radius 2 is 1.76 bits per heavy atom. The summed E-state index contributed by atoms with van der Waals surface area (Å²) in [6.45, 7) is 2.63. The van der Waals surface area contributed by atoms with E-state index >= 15 is 0 Å². The molecule has 2 aromatic carbocycles. The van der Waals surface area contributed by atoms with Crippen LogP contribution in [0.5, 0.6) is 5.75 Å². The number of benzene rings is 2. The highest BCUT2D eigenvalue weighted by atomic mass is 32.2. The van der Waals surface area contributed by atoms with Gasteiger partial charge in [0.2, 0.25) is 10.0 Å². The van der Waals surface area contributed by atoms with Gasteiger partial charge in [0.1, 0.15) is 16.5 Å². The number of hydrogen-bond acceptors (Lipinski definition) is 4. The number of aryl methyl sites for hydroxylation is 1. The van der Waals surface area contributed by atoms with E-state index in [9.17, 15) is 17.6 Å². The lowest BCUT2D eigenvalue weighted by molar-refractivity contribution is 0.102. The Labute approximate surface area is 170 Å². The van der Waals surface area contributed by atoms with Gasteiger partial charge in [-0.25, -0.2) is 12.8 Å². The molecule has 1 saturated heterocycles. The summed E-state index contributed by atoms with van der Waals surface area (Å²) in [7, 11) is -2.43. The van der Waals surface area contributed by atoms with Crippen molar-refractivity contribution in [2.45, 2.75) is 37.5 Å². The SMILES string of the molecule is COc1ccc(C(=O)Nc2ccc(C)cc2F)cc1S(=O)(=O)N1CCCCCC1. The van der Waals surface area contributed by atoms with Crippen LogP contribution in [-0.2, 0) is 10.0 Å². The van der Waals surface area contributed by atoms with Crippen LogP contribution in [-0.4, -0.2) is 38.8 Å². The van der Waals surface area contributed by atoms with Gasteiger partial charge in [0.05, 0.1) is 12.8 Å². The van der Waals surface area contributed by atoms with Crippen molar-refractivity contribution in [3.63, 3.8) is 0 Å². The number of nitrogens with zero attached hydrogens (tertiary/aromatic N) is 1. The van der Waals surface area contributed by atoms with E-state index in [0.717, 1.165) is 31.2 Å². The molecule has 0 bridgehead atoms. The van der Waals surface area contributed by atoms with Crippen molar-refractivity contribution in [2.75, 3.05) is 25.5 Å². The maximum absolute atomic E-state index is 14.1. The summed E-state index contributed by atoms with van der Waals surface area (Å²) in [6, 6.07) is 8.68. The summed E-state index contributed by atoms with van der Waals surface area (Å²) in [5, 5.41) is 2.50. The predicted octanol–water partition coefficient (Wildman–Crippen LogP) is 3.96. The van der Waals surface area contributed by atoms with Crippen LogP contribution in [0.25, 0.3) is 0 Å². The average molecular weight is 421 g/mol. The minimum atomic E-state index is -3.82. The zero-order valence-electron chi connectivity index (χ0n) is 16.6. The Kier molecular flexibility index (Phi) is 6.54. The van der Waals surface area contributed by atoms with Crippen LogP contribution in [0.15, 0.2) is 41.3 Å². The van der Waals surface area contributed by atoms with Gasteiger partial charge in [0, 0.05) is 18.7 Å². The van der Waals surface area contributed by atoms with Gasteiger partial charge in [-0.1, -0.05) is 18.9 Å². The standard InChI is InChI=1S/C21H25FN2O4S/c1-15-7-9-18(17(22)13-15)23-21(25)16-8-10-19(28-2)20(14-16)29(26,27)24-11-5-3-4-6-12-24/h7-10,13-14H,3-6,11-12H2,1-2H3,(H,23,25). The Morgan fingerprint density at radius 3 is 2.38 bits per heavy atom. The first kappa shape index (κ1) is 21.3. The third kappa shape index (κ3) is 4.76. The fourth-order valence-corrected chi connectivity index (χ4v) is 5.06. The number of rotatable bonds is 5. The Bertz CT molecular complexity index is 1000. The maximum Gasteiger partial charge on any atom is 0.255 e. The highest BCUT2D eigenvalue weighted by Crippen LogP contribution is 2.30. The molecule has 0 radical (unpaired) electrons. The van der Waals surface area contributed by atoms with Crippen molar-refractivity contribution < 1.29 is 22.3 Å². The van der Waals surface area contributed by atoms with E-state index < -0.39 is 21.7 Å². The molecule has 0 aromatic heterocycles. The Balaban J connectivity index is 1.92. The van der Waals surface area contributed by atoms with Gasteiger partial charge in [-0.15, -0.1) is 0 Å². The molecular weight excluding hydrogens is 395 g/mol. The van der Waals surface area contributed by atoms with Gasteiger partial charge in [-0.2, -0.15) is 4.31 Å². The molecule has 3 rings (SSSR count). The molecule has 1 aliphatic rings. The number of halogens is 1. The van der Waals surface area contributed by atoms with Crippen molar-refractivity contribution in [1.82, 2.24) is 4.31 Å². The van der Waals surface area contributed by atoms with E-state index in [0.29, 0.717) is 13.1 Å². The molecule has 1 N–H and O–H groups in total. The van der Waals surface area contributed by atoms with Gasteiger partial charge >= 0.3 is 0 Å². The first-order chi connectivity index (χ1) is 13.8. The van der Waals surface area contributed by atoms with Gasteiger partial charge in [-0.3, -0.25) is 4.79 Å². The molecule has 0 unspecified atom stereocenters. The van der Waals surface area contributed by atoms with E-state index in [1.807, 2.05) is 0 Å². The molecule has 1 aliphatic heterocycles. The predicted molar refractivity (Wildman–Crippen MR) is 109 cm³/mol. The number of nitrogens with one attached hydrogen (secondary N) is 1. The second-order valence-corrected chi connectivity index (χ2v) is 9.03. The molecule has 29 heavy (non-hydrogen) atoms. The molecule has 0 atom stereocenters. The van der Waals surface area contributed by atoms with Crippen molar-refractivity contribution in [1.29, 1.82) is 0 Å². The van der Waals surface area contributed by atoms with Crippen LogP contribution in [0.2, 0.25) is 0 Å². The Morgan fingerprint density at radius 1 is 1.07 bits per heavy atom. The quantitative estimate of drug-likeness (QED) is 0.794. The Hall–Kier alpha value is -2.45. The monoisotopic (exact) mass is 420 g/mol. The van der Waals surface area contributed by atoms with Crippen LogP contribution >= 0.6 is 0 Å². The molecular formula is C21H25FN2O4S. The number of hydrogen-bond donors (Lipinski definition) is 1. The lowest BCUT2D eigenvalue weighted by atomic mass is 10.1. The molecule has 6 nitrogen and oxygen atoms in total.